The summed E-state index contributed by atoms with van der Waals surface area (Å²) in [6.07, 6.45) is 4.69. The van der Waals surface area contributed by atoms with E-state index in [4.69, 9.17) is 0 Å². The summed E-state index contributed by atoms with van der Waals surface area (Å²) < 4.78 is 0. The van der Waals surface area contributed by atoms with Gasteiger partial charge in [0.15, 0.2) is 0 Å². The molecule has 0 radical (unpaired) electrons. The third-order valence-corrected chi connectivity index (χ3v) is 6.15. The van der Waals surface area contributed by atoms with E-state index in [1.165, 1.54) is 5.56 Å². The molecule has 3 rings (SSSR count). The van der Waals surface area contributed by atoms with Crippen molar-refractivity contribution in [2.75, 3.05) is 39.8 Å². The minimum absolute atomic E-state index is 0.0603. The van der Waals surface area contributed by atoms with Crippen LogP contribution in [0, 0.1) is 11.8 Å². The zero-order valence-electron chi connectivity index (χ0n) is 17.0. The maximum atomic E-state index is 12.5. The Morgan fingerprint density at radius 3 is 2.25 bits per heavy atom. The fourth-order valence-electron chi connectivity index (χ4n) is 4.24. The Bertz CT molecular complexity index is 621. The van der Waals surface area contributed by atoms with Crippen molar-refractivity contribution in [2.45, 2.75) is 38.6 Å². The number of piperidine rings is 2. The Hall–Kier alpha value is -2.08. The standard InChI is InChI=1S/C22H34N4O2/c1-23-21(27)15-18-9-13-26(14-10-18)22(28)24-16-19-7-11-25(12-8-19)17-20-5-3-2-4-6-20/h2-6,18-19H,7-17H2,1H3,(H,23,27)(H,24,28). The molecular weight excluding hydrogens is 352 g/mol. The normalized spacial score (nSPS) is 19.4. The number of carbonyl (C=O) groups is 2. The van der Waals surface area contributed by atoms with Crippen LogP contribution in [0.2, 0.25) is 0 Å². The van der Waals surface area contributed by atoms with Gasteiger partial charge in [-0.2, -0.15) is 0 Å². The Balaban J connectivity index is 1.31. The molecule has 0 bridgehead atoms. The minimum Gasteiger partial charge on any atom is -0.359 e. The molecule has 2 saturated heterocycles. The van der Waals surface area contributed by atoms with Crippen molar-refractivity contribution >= 4 is 11.9 Å². The average molecular weight is 387 g/mol. The second-order valence-corrected chi connectivity index (χ2v) is 8.20. The second kappa shape index (κ2) is 10.5. The number of amides is 3. The van der Waals surface area contributed by atoms with Crippen molar-refractivity contribution in [3.8, 4) is 0 Å². The Kier molecular flexibility index (Phi) is 7.71. The molecule has 2 fully saturated rings. The lowest BCUT2D eigenvalue weighted by Crippen LogP contribution is -2.47. The van der Waals surface area contributed by atoms with Crippen LogP contribution in [0.4, 0.5) is 4.79 Å². The van der Waals surface area contributed by atoms with E-state index in [1.54, 1.807) is 7.05 Å². The highest BCUT2D eigenvalue weighted by molar-refractivity contribution is 5.76. The van der Waals surface area contributed by atoms with Crippen LogP contribution in [-0.4, -0.2) is 61.5 Å². The minimum atomic E-state index is 0.0603. The summed E-state index contributed by atoms with van der Waals surface area (Å²) >= 11 is 0. The third-order valence-electron chi connectivity index (χ3n) is 6.15. The molecule has 0 atom stereocenters. The van der Waals surface area contributed by atoms with Crippen molar-refractivity contribution in [2.24, 2.45) is 11.8 Å². The molecular formula is C22H34N4O2. The van der Waals surface area contributed by atoms with Gasteiger partial charge in [-0.05, 0) is 56.2 Å². The number of urea groups is 1. The van der Waals surface area contributed by atoms with Crippen LogP contribution >= 0.6 is 0 Å². The largest absolute Gasteiger partial charge is 0.359 e. The van der Waals surface area contributed by atoms with Crippen LogP contribution in [0.3, 0.4) is 0 Å². The SMILES string of the molecule is CNC(=O)CC1CCN(C(=O)NCC2CCN(Cc3ccccc3)CC2)CC1. The summed E-state index contributed by atoms with van der Waals surface area (Å²) in [7, 11) is 1.68. The van der Waals surface area contributed by atoms with E-state index in [0.29, 0.717) is 18.3 Å². The molecule has 2 aliphatic rings. The molecule has 1 aromatic carbocycles. The molecule has 2 N–H and O–H groups in total. The lowest BCUT2D eigenvalue weighted by Gasteiger charge is -2.34. The number of likely N-dealkylation sites (tertiary alicyclic amines) is 2. The van der Waals surface area contributed by atoms with E-state index in [9.17, 15) is 9.59 Å². The van der Waals surface area contributed by atoms with Gasteiger partial charge in [0, 0.05) is 39.6 Å². The van der Waals surface area contributed by atoms with Gasteiger partial charge in [0.1, 0.15) is 0 Å². The first kappa shape index (κ1) is 20.6. The highest BCUT2D eigenvalue weighted by Crippen LogP contribution is 2.21. The maximum Gasteiger partial charge on any atom is 0.317 e. The summed E-state index contributed by atoms with van der Waals surface area (Å²) in [6, 6.07) is 10.7. The van der Waals surface area contributed by atoms with Crippen LogP contribution in [-0.2, 0) is 11.3 Å². The predicted molar refractivity (Wildman–Crippen MR) is 111 cm³/mol. The number of hydrogen-bond acceptors (Lipinski definition) is 3. The zero-order chi connectivity index (χ0) is 19.8. The molecule has 154 valence electrons. The van der Waals surface area contributed by atoms with Gasteiger partial charge in [-0.15, -0.1) is 0 Å². The van der Waals surface area contributed by atoms with Crippen molar-refractivity contribution in [3.05, 3.63) is 35.9 Å². The molecule has 28 heavy (non-hydrogen) atoms. The quantitative estimate of drug-likeness (QED) is 0.789. The van der Waals surface area contributed by atoms with Crippen molar-refractivity contribution in [1.29, 1.82) is 0 Å². The van der Waals surface area contributed by atoms with Crippen LogP contribution < -0.4 is 10.6 Å². The van der Waals surface area contributed by atoms with Gasteiger partial charge in [0.2, 0.25) is 5.91 Å². The number of rotatable bonds is 6. The third kappa shape index (κ3) is 6.23. The maximum absolute atomic E-state index is 12.5. The van der Waals surface area contributed by atoms with Gasteiger partial charge in [-0.25, -0.2) is 4.79 Å². The number of benzene rings is 1. The van der Waals surface area contributed by atoms with Crippen molar-refractivity contribution in [3.63, 3.8) is 0 Å². The fourth-order valence-corrected chi connectivity index (χ4v) is 4.24. The molecule has 0 saturated carbocycles. The first-order chi connectivity index (χ1) is 13.6. The number of nitrogens with one attached hydrogen (secondary N) is 2. The number of hydrogen-bond donors (Lipinski definition) is 2. The average Bonchev–Trinajstić information content (AvgIpc) is 2.74. The molecule has 3 amide bonds. The summed E-state index contributed by atoms with van der Waals surface area (Å²) in [5, 5.41) is 5.83. The summed E-state index contributed by atoms with van der Waals surface area (Å²) in [5.74, 6) is 1.07. The van der Waals surface area contributed by atoms with E-state index in [2.05, 4.69) is 45.9 Å². The Morgan fingerprint density at radius 2 is 1.61 bits per heavy atom. The van der Waals surface area contributed by atoms with Gasteiger partial charge < -0.3 is 15.5 Å². The van der Waals surface area contributed by atoms with Gasteiger partial charge >= 0.3 is 6.03 Å². The molecule has 2 heterocycles. The fraction of sp³-hybridized carbons (Fsp3) is 0.636. The van der Waals surface area contributed by atoms with Crippen molar-refractivity contribution < 1.29 is 9.59 Å². The van der Waals surface area contributed by atoms with Gasteiger partial charge in [-0.3, -0.25) is 9.69 Å². The monoisotopic (exact) mass is 386 g/mol. The number of carbonyl (C=O) groups excluding carboxylic acids is 2. The molecule has 1 aromatic rings. The summed E-state index contributed by atoms with van der Waals surface area (Å²) in [4.78, 5) is 28.4. The first-order valence-corrected chi connectivity index (χ1v) is 10.6. The molecule has 0 unspecified atom stereocenters. The smallest absolute Gasteiger partial charge is 0.317 e. The highest BCUT2D eigenvalue weighted by Gasteiger charge is 2.25. The molecule has 6 heteroatoms. The molecule has 0 aromatic heterocycles. The Labute approximate surface area is 168 Å². The van der Waals surface area contributed by atoms with E-state index in [0.717, 1.165) is 65.0 Å². The molecule has 2 aliphatic heterocycles. The van der Waals surface area contributed by atoms with E-state index >= 15 is 0 Å². The highest BCUT2D eigenvalue weighted by atomic mass is 16.2. The lowest BCUT2D eigenvalue weighted by molar-refractivity contribution is -0.121. The molecule has 0 aliphatic carbocycles. The first-order valence-electron chi connectivity index (χ1n) is 10.6. The van der Waals surface area contributed by atoms with Crippen molar-refractivity contribution in [1.82, 2.24) is 20.4 Å². The predicted octanol–water partition coefficient (Wildman–Crippen LogP) is 2.46. The van der Waals surface area contributed by atoms with Crippen LogP contribution in [0.25, 0.3) is 0 Å². The topological polar surface area (TPSA) is 64.7 Å². The number of nitrogens with zero attached hydrogens (tertiary/aromatic N) is 2. The lowest BCUT2D eigenvalue weighted by atomic mass is 9.93. The van der Waals surface area contributed by atoms with E-state index < -0.39 is 0 Å². The van der Waals surface area contributed by atoms with Gasteiger partial charge in [0.05, 0.1) is 0 Å². The van der Waals surface area contributed by atoms with Crippen LogP contribution in [0.15, 0.2) is 30.3 Å². The van der Waals surface area contributed by atoms with E-state index in [1.807, 2.05) is 4.90 Å². The molecule has 0 spiro atoms. The Morgan fingerprint density at radius 1 is 0.964 bits per heavy atom. The van der Waals surface area contributed by atoms with Crippen LogP contribution in [0.1, 0.15) is 37.7 Å². The van der Waals surface area contributed by atoms with E-state index in [-0.39, 0.29) is 11.9 Å². The van der Waals surface area contributed by atoms with Gasteiger partial charge in [-0.1, -0.05) is 30.3 Å². The zero-order valence-corrected chi connectivity index (χ0v) is 17.0. The second-order valence-electron chi connectivity index (χ2n) is 8.20. The van der Waals surface area contributed by atoms with Gasteiger partial charge in [0.25, 0.3) is 0 Å². The molecule has 6 nitrogen and oxygen atoms in total. The van der Waals surface area contributed by atoms with Crippen LogP contribution in [0.5, 0.6) is 0 Å². The summed E-state index contributed by atoms with van der Waals surface area (Å²) in [5.41, 5.74) is 1.37. The summed E-state index contributed by atoms with van der Waals surface area (Å²) in [6.45, 7) is 5.49.